The lowest BCUT2D eigenvalue weighted by molar-refractivity contribution is 0.0791. The number of aryl methyl sites for hydroxylation is 1. The minimum absolute atomic E-state index is 0.188. The number of hydrogen-bond acceptors (Lipinski definition) is 5. The van der Waals surface area contributed by atoms with Crippen molar-refractivity contribution < 1.29 is 13.5 Å². The molecule has 0 amide bonds. The number of halogens is 2. The zero-order chi connectivity index (χ0) is 14.4. The van der Waals surface area contributed by atoms with Crippen LogP contribution in [-0.4, -0.2) is 28.0 Å². The first-order chi connectivity index (χ1) is 9.65. The van der Waals surface area contributed by atoms with E-state index in [4.69, 9.17) is 4.74 Å². The van der Waals surface area contributed by atoms with Crippen LogP contribution in [0, 0.1) is 6.92 Å². The smallest absolute Gasteiger partial charge is 0.272 e. The lowest BCUT2D eigenvalue weighted by Gasteiger charge is -2.10. The molecule has 0 unspecified atom stereocenters. The Morgan fingerprint density at radius 3 is 2.85 bits per heavy atom. The summed E-state index contributed by atoms with van der Waals surface area (Å²) in [5.74, 6) is 0.654. The maximum atomic E-state index is 12.2. The van der Waals surface area contributed by atoms with Gasteiger partial charge in [0, 0.05) is 30.2 Å². The zero-order valence-electron chi connectivity index (χ0n) is 10.9. The Labute approximate surface area is 115 Å². The Morgan fingerprint density at radius 2 is 2.10 bits per heavy atom. The van der Waals surface area contributed by atoms with Gasteiger partial charge in [0.2, 0.25) is 11.8 Å². The molecule has 0 saturated carbocycles. The highest BCUT2D eigenvalue weighted by Crippen LogP contribution is 2.16. The third kappa shape index (κ3) is 4.11. The molecule has 2 rings (SSSR count). The summed E-state index contributed by atoms with van der Waals surface area (Å²) in [6.45, 7) is 1.52. The van der Waals surface area contributed by atoms with Gasteiger partial charge < -0.3 is 10.1 Å². The quantitative estimate of drug-likeness (QED) is 0.880. The van der Waals surface area contributed by atoms with Gasteiger partial charge >= 0.3 is 0 Å². The summed E-state index contributed by atoms with van der Waals surface area (Å²) in [4.78, 5) is 12.2. The molecular weight excluding hydrogens is 266 g/mol. The summed E-state index contributed by atoms with van der Waals surface area (Å²) in [5, 5.41) is 3.00. The number of hydrogen-bond donors (Lipinski definition) is 1. The van der Waals surface area contributed by atoms with Gasteiger partial charge in [0.25, 0.3) is 6.43 Å². The van der Waals surface area contributed by atoms with Gasteiger partial charge in [-0.2, -0.15) is 0 Å². The van der Waals surface area contributed by atoms with E-state index in [0.29, 0.717) is 18.1 Å². The molecule has 5 nitrogen and oxygen atoms in total. The van der Waals surface area contributed by atoms with E-state index >= 15 is 0 Å². The third-order valence-corrected chi connectivity index (χ3v) is 2.43. The molecule has 0 aliphatic rings. The van der Waals surface area contributed by atoms with Crippen LogP contribution in [0.4, 0.5) is 14.7 Å². The first kappa shape index (κ1) is 14.1. The number of nitrogens with zero attached hydrogens (tertiary/aromatic N) is 3. The molecule has 0 atom stereocenters. The maximum absolute atomic E-state index is 12.2. The van der Waals surface area contributed by atoms with E-state index in [-0.39, 0.29) is 5.88 Å². The second-order valence-corrected chi connectivity index (χ2v) is 4.04. The van der Waals surface area contributed by atoms with Gasteiger partial charge in [0.1, 0.15) is 0 Å². The van der Waals surface area contributed by atoms with Crippen LogP contribution >= 0.6 is 0 Å². The molecule has 0 aliphatic heterocycles. The second kappa shape index (κ2) is 6.74. The van der Waals surface area contributed by atoms with Gasteiger partial charge in [-0.3, -0.25) is 0 Å². The fourth-order valence-corrected chi connectivity index (χ4v) is 1.54. The van der Waals surface area contributed by atoms with Crippen molar-refractivity contribution in [2.45, 2.75) is 19.9 Å². The molecule has 0 spiro atoms. The first-order valence-corrected chi connectivity index (χ1v) is 6.03. The average molecular weight is 280 g/mol. The Kier molecular flexibility index (Phi) is 4.75. The molecule has 0 saturated heterocycles. The van der Waals surface area contributed by atoms with Crippen LogP contribution in [0.3, 0.4) is 0 Å². The van der Waals surface area contributed by atoms with Crippen LogP contribution in [0.5, 0.6) is 5.88 Å². The number of aromatic nitrogens is 3. The summed E-state index contributed by atoms with van der Waals surface area (Å²) in [7, 11) is 0. The van der Waals surface area contributed by atoms with Gasteiger partial charge in [-0.15, -0.1) is 0 Å². The summed E-state index contributed by atoms with van der Waals surface area (Å²) in [5.41, 5.74) is 1.50. The molecule has 2 aromatic rings. The van der Waals surface area contributed by atoms with Crippen molar-refractivity contribution in [1.29, 1.82) is 0 Å². The van der Waals surface area contributed by atoms with Crippen LogP contribution in [0.15, 0.2) is 30.6 Å². The molecule has 2 heterocycles. The molecule has 106 valence electrons. The van der Waals surface area contributed by atoms with Crippen molar-refractivity contribution in [3.8, 4) is 5.88 Å². The Balaban J connectivity index is 2.02. The number of anilines is 1. The number of ether oxygens (including phenoxy) is 1. The van der Waals surface area contributed by atoms with E-state index in [2.05, 4.69) is 20.3 Å². The predicted octanol–water partition coefficient (Wildman–Crippen LogP) is 2.44. The third-order valence-electron chi connectivity index (χ3n) is 2.43. The molecule has 0 aromatic carbocycles. The molecule has 1 N–H and O–H groups in total. The van der Waals surface area contributed by atoms with Crippen LogP contribution in [0.1, 0.15) is 11.3 Å². The van der Waals surface area contributed by atoms with Gasteiger partial charge in [0.05, 0.1) is 0 Å². The fraction of sp³-hybridized carbons (Fsp3) is 0.308. The molecular formula is C13H14F2N4O. The topological polar surface area (TPSA) is 59.9 Å². The lowest BCUT2D eigenvalue weighted by Crippen LogP contribution is -2.11. The second-order valence-electron chi connectivity index (χ2n) is 4.04. The molecule has 0 aliphatic carbocycles. The Hall–Kier alpha value is -2.31. The SMILES string of the molecule is Cc1ccnc(NCc2cccnc2OCC(F)F)n1. The van der Waals surface area contributed by atoms with Crippen LogP contribution in [0.25, 0.3) is 0 Å². The van der Waals surface area contributed by atoms with Crippen molar-refractivity contribution >= 4 is 5.95 Å². The normalized spacial score (nSPS) is 10.6. The number of nitrogens with one attached hydrogen (secondary N) is 1. The lowest BCUT2D eigenvalue weighted by atomic mass is 10.2. The Morgan fingerprint density at radius 1 is 1.25 bits per heavy atom. The van der Waals surface area contributed by atoms with Crippen LogP contribution < -0.4 is 10.1 Å². The van der Waals surface area contributed by atoms with E-state index in [1.807, 2.05) is 6.92 Å². The van der Waals surface area contributed by atoms with Crippen molar-refractivity contribution in [1.82, 2.24) is 15.0 Å². The highest BCUT2D eigenvalue weighted by atomic mass is 19.3. The minimum atomic E-state index is -2.53. The monoisotopic (exact) mass is 280 g/mol. The van der Waals surface area contributed by atoms with Crippen LogP contribution in [0.2, 0.25) is 0 Å². The van der Waals surface area contributed by atoms with Crippen LogP contribution in [-0.2, 0) is 6.54 Å². The summed E-state index contributed by atoms with van der Waals surface area (Å²) >= 11 is 0. The highest BCUT2D eigenvalue weighted by Gasteiger charge is 2.09. The van der Waals surface area contributed by atoms with Gasteiger partial charge in [-0.1, -0.05) is 6.07 Å². The molecule has 2 aromatic heterocycles. The van der Waals surface area contributed by atoms with E-state index in [0.717, 1.165) is 5.69 Å². The summed E-state index contributed by atoms with van der Waals surface area (Å²) in [6, 6.07) is 5.24. The van der Waals surface area contributed by atoms with E-state index in [9.17, 15) is 8.78 Å². The van der Waals surface area contributed by atoms with E-state index in [1.165, 1.54) is 6.20 Å². The summed E-state index contributed by atoms with van der Waals surface area (Å²) < 4.78 is 29.3. The van der Waals surface area contributed by atoms with Crippen molar-refractivity contribution in [3.63, 3.8) is 0 Å². The van der Waals surface area contributed by atoms with Crippen molar-refractivity contribution in [2.24, 2.45) is 0 Å². The Bertz CT molecular complexity index is 566. The molecule has 0 radical (unpaired) electrons. The largest absolute Gasteiger partial charge is 0.471 e. The number of pyridine rings is 1. The summed E-state index contributed by atoms with van der Waals surface area (Å²) in [6.07, 6.45) is 0.605. The predicted molar refractivity (Wildman–Crippen MR) is 69.8 cm³/mol. The van der Waals surface area contributed by atoms with Gasteiger partial charge in [-0.25, -0.2) is 23.7 Å². The van der Waals surface area contributed by atoms with E-state index in [1.54, 1.807) is 24.4 Å². The first-order valence-electron chi connectivity index (χ1n) is 6.03. The zero-order valence-corrected chi connectivity index (χ0v) is 10.9. The van der Waals surface area contributed by atoms with Gasteiger partial charge in [-0.05, 0) is 19.1 Å². The fourth-order valence-electron chi connectivity index (χ4n) is 1.54. The maximum Gasteiger partial charge on any atom is 0.272 e. The minimum Gasteiger partial charge on any atom is -0.471 e. The van der Waals surface area contributed by atoms with E-state index < -0.39 is 13.0 Å². The molecule has 0 bridgehead atoms. The van der Waals surface area contributed by atoms with Crippen molar-refractivity contribution in [3.05, 3.63) is 41.9 Å². The highest BCUT2D eigenvalue weighted by molar-refractivity contribution is 5.32. The molecule has 7 heteroatoms. The average Bonchev–Trinajstić information content (AvgIpc) is 2.44. The number of rotatable bonds is 6. The van der Waals surface area contributed by atoms with Gasteiger partial charge in [0.15, 0.2) is 6.61 Å². The molecule has 0 fully saturated rings. The van der Waals surface area contributed by atoms with Crippen molar-refractivity contribution in [2.75, 3.05) is 11.9 Å². The number of alkyl halides is 2. The standard InChI is InChI=1S/C13H14F2N4O/c1-9-4-6-17-13(19-9)18-7-10-3-2-5-16-12(10)20-8-11(14)15/h2-6,11H,7-8H2,1H3,(H,17,18,19). The molecule has 20 heavy (non-hydrogen) atoms.